The number of carbonyl (C=O) groups is 4. The number of amides is 2. The van der Waals surface area contributed by atoms with Crippen LogP contribution in [0.2, 0.25) is 0 Å². The van der Waals surface area contributed by atoms with E-state index in [9.17, 15) is 19.2 Å². The fraction of sp³-hybridized carbons (Fsp3) is 0.444. The predicted molar refractivity (Wildman–Crippen MR) is 171 cm³/mol. The van der Waals surface area contributed by atoms with E-state index < -0.39 is 35.6 Å². The maximum absolute atomic E-state index is 13.5. The average molecular weight is 617 g/mol. The summed E-state index contributed by atoms with van der Waals surface area (Å²) in [7, 11) is 0. The van der Waals surface area contributed by atoms with Crippen LogP contribution in [0.4, 0.5) is 4.79 Å². The number of benzene rings is 2. The van der Waals surface area contributed by atoms with E-state index in [1.807, 2.05) is 36.4 Å². The Morgan fingerprint density at radius 1 is 0.933 bits per heavy atom. The number of allylic oxidation sites excluding steroid dienone is 1. The summed E-state index contributed by atoms with van der Waals surface area (Å²) in [5.41, 5.74) is 3.76. The lowest BCUT2D eigenvalue weighted by Gasteiger charge is -2.29. The summed E-state index contributed by atoms with van der Waals surface area (Å²) in [6.07, 6.45) is 4.22. The van der Waals surface area contributed by atoms with Gasteiger partial charge in [-0.2, -0.15) is 0 Å². The van der Waals surface area contributed by atoms with E-state index in [2.05, 4.69) is 30.6 Å². The minimum Gasteiger partial charge on any atom is -0.462 e. The standard InChI is InChI=1S/C36H44N2O7/c1-6-13-24(21-32(39)45-36(3,4)5)33(40)38-20-12-15-25(38)22-43-34(41)31(14-7-2)37-35(42)44-23-30-28-18-10-8-16-26(28)27-17-9-11-19-29(27)30/h6-11,16-19,24-25,30-31H,1-2,12-15,20-23H2,3-5H3,(H,37,42)/t24-,25-,31-/m0/s1. The van der Waals surface area contributed by atoms with Crippen molar-refractivity contribution in [1.82, 2.24) is 10.2 Å². The minimum atomic E-state index is -0.996. The van der Waals surface area contributed by atoms with E-state index in [0.29, 0.717) is 19.4 Å². The molecular formula is C36H44N2O7. The first kappa shape index (κ1) is 33.5. The number of fused-ring (bicyclic) bond motifs is 3. The van der Waals surface area contributed by atoms with Crippen molar-refractivity contribution >= 4 is 23.9 Å². The normalized spacial score (nSPS) is 17.0. The van der Waals surface area contributed by atoms with E-state index in [0.717, 1.165) is 28.7 Å². The van der Waals surface area contributed by atoms with Crippen molar-refractivity contribution in [3.63, 3.8) is 0 Å². The molecule has 4 rings (SSSR count). The highest BCUT2D eigenvalue weighted by Crippen LogP contribution is 2.44. The maximum Gasteiger partial charge on any atom is 0.407 e. The largest absolute Gasteiger partial charge is 0.462 e. The monoisotopic (exact) mass is 616 g/mol. The number of hydrogen-bond acceptors (Lipinski definition) is 7. The first-order valence-corrected chi connectivity index (χ1v) is 15.5. The molecule has 1 N–H and O–H groups in total. The second-order valence-corrected chi connectivity index (χ2v) is 12.5. The number of nitrogens with one attached hydrogen (secondary N) is 1. The smallest absolute Gasteiger partial charge is 0.407 e. The molecule has 9 nitrogen and oxygen atoms in total. The lowest BCUT2D eigenvalue weighted by molar-refractivity contribution is -0.158. The molecular weight excluding hydrogens is 572 g/mol. The van der Waals surface area contributed by atoms with Gasteiger partial charge in [0.05, 0.1) is 18.4 Å². The number of carbonyl (C=O) groups excluding carboxylic acids is 4. The molecule has 1 aliphatic carbocycles. The van der Waals surface area contributed by atoms with Crippen LogP contribution in [-0.2, 0) is 28.6 Å². The van der Waals surface area contributed by atoms with Gasteiger partial charge in [0, 0.05) is 12.5 Å². The van der Waals surface area contributed by atoms with Crippen LogP contribution in [0.1, 0.15) is 69.9 Å². The van der Waals surface area contributed by atoms with E-state index >= 15 is 0 Å². The third-order valence-electron chi connectivity index (χ3n) is 8.03. The fourth-order valence-electron chi connectivity index (χ4n) is 6.03. The molecule has 0 unspecified atom stereocenters. The highest BCUT2D eigenvalue weighted by Gasteiger charge is 2.36. The van der Waals surface area contributed by atoms with Gasteiger partial charge in [-0.15, -0.1) is 13.2 Å². The molecule has 2 aromatic rings. The van der Waals surface area contributed by atoms with Crippen LogP contribution in [0, 0.1) is 5.92 Å². The number of rotatable bonds is 13. The van der Waals surface area contributed by atoms with Gasteiger partial charge in [0.25, 0.3) is 0 Å². The SMILES string of the molecule is C=CC[C@@H](CC(=O)OC(C)(C)C)C(=O)N1CCC[C@H]1COC(=O)[C@H](CC=C)NC(=O)OCC1c2ccccc2-c2ccccc21. The zero-order valence-electron chi connectivity index (χ0n) is 26.5. The van der Waals surface area contributed by atoms with Crippen molar-refractivity contribution in [3.05, 3.63) is 85.0 Å². The molecule has 0 aromatic heterocycles. The Morgan fingerprint density at radius 3 is 2.16 bits per heavy atom. The van der Waals surface area contributed by atoms with Gasteiger partial charge >= 0.3 is 18.0 Å². The molecule has 3 atom stereocenters. The highest BCUT2D eigenvalue weighted by molar-refractivity contribution is 5.85. The lowest BCUT2D eigenvalue weighted by Crippen LogP contribution is -2.45. The van der Waals surface area contributed by atoms with Crippen molar-refractivity contribution in [3.8, 4) is 11.1 Å². The van der Waals surface area contributed by atoms with Crippen LogP contribution in [0.3, 0.4) is 0 Å². The van der Waals surface area contributed by atoms with Crippen molar-refractivity contribution in [2.75, 3.05) is 19.8 Å². The molecule has 45 heavy (non-hydrogen) atoms. The topological polar surface area (TPSA) is 111 Å². The van der Waals surface area contributed by atoms with Gasteiger partial charge in [-0.05, 0) is 68.7 Å². The minimum absolute atomic E-state index is 0.0299. The number of ether oxygens (including phenoxy) is 3. The summed E-state index contributed by atoms with van der Waals surface area (Å²) in [5.74, 6) is -2.01. The van der Waals surface area contributed by atoms with Crippen LogP contribution < -0.4 is 5.32 Å². The van der Waals surface area contributed by atoms with Crippen molar-refractivity contribution in [1.29, 1.82) is 0 Å². The Bertz CT molecular complexity index is 1370. The first-order valence-electron chi connectivity index (χ1n) is 15.5. The molecule has 0 saturated carbocycles. The van der Waals surface area contributed by atoms with Gasteiger partial charge in [-0.1, -0.05) is 60.7 Å². The molecule has 9 heteroatoms. The molecule has 1 saturated heterocycles. The second-order valence-electron chi connectivity index (χ2n) is 12.5. The lowest BCUT2D eigenvalue weighted by atomic mass is 9.98. The van der Waals surface area contributed by atoms with E-state index in [1.54, 1.807) is 31.7 Å². The summed E-state index contributed by atoms with van der Waals surface area (Å²) in [5, 5.41) is 2.62. The quantitative estimate of drug-likeness (QED) is 0.169. The Labute approximate surface area is 265 Å². The predicted octanol–water partition coefficient (Wildman–Crippen LogP) is 5.93. The number of esters is 2. The van der Waals surface area contributed by atoms with Crippen LogP contribution in [0.5, 0.6) is 0 Å². The van der Waals surface area contributed by atoms with Gasteiger partial charge in [-0.25, -0.2) is 9.59 Å². The molecule has 1 aliphatic heterocycles. The van der Waals surface area contributed by atoms with Gasteiger partial charge in [0.2, 0.25) is 5.91 Å². The molecule has 0 bridgehead atoms. The molecule has 2 aromatic carbocycles. The number of hydrogen-bond donors (Lipinski definition) is 1. The Morgan fingerprint density at radius 2 is 1.56 bits per heavy atom. The van der Waals surface area contributed by atoms with Gasteiger partial charge in [-0.3, -0.25) is 9.59 Å². The van der Waals surface area contributed by atoms with Crippen LogP contribution in [0.15, 0.2) is 73.8 Å². The molecule has 0 spiro atoms. The second kappa shape index (κ2) is 15.1. The maximum atomic E-state index is 13.5. The number of nitrogens with zero attached hydrogens (tertiary/aromatic N) is 1. The third kappa shape index (κ3) is 8.62. The van der Waals surface area contributed by atoms with E-state index in [4.69, 9.17) is 14.2 Å². The fourth-order valence-corrected chi connectivity index (χ4v) is 6.03. The zero-order valence-corrected chi connectivity index (χ0v) is 26.5. The Kier molecular flexibility index (Phi) is 11.2. The summed E-state index contributed by atoms with van der Waals surface area (Å²) in [6.45, 7) is 13.4. The molecule has 2 aliphatic rings. The summed E-state index contributed by atoms with van der Waals surface area (Å²) >= 11 is 0. The molecule has 2 amide bonds. The van der Waals surface area contributed by atoms with Crippen LogP contribution >= 0.6 is 0 Å². The van der Waals surface area contributed by atoms with Gasteiger partial charge < -0.3 is 24.4 Å². The summed E-state index contributed by atoms with van der Waals surface area (Å²) in [6, 6.07) is 14.8. The van der Waals surface area contributed by atoms with Gasteiger partial charge in [0.1, 0.15) is 24.9 Å². The molecule has 1 heterocycles. The molecule has 240 valence electrons. The van der Waals surface area contributed by atoms with Crippen LogP contribution in [0.25, 0.3) is 11.1 Å². The first-order chi connectivity index (χ1) is 21.5. The molecule has 1 fully saturated rings. The number of likely N-dealkylation sites (tertiary alicyclic amines) is 1. The van der Waals surface area contributed by atoms with Crippen molar-refractivity contribution in [2.24, 2.45) is 5.92 Å². The average Bonchev–Trinajstić information content (AvgIpc) is 3.60. The van der Waals surface area contributed by atoms with Crippen molar-refractivity contribution in [2.45, 2.75) is 76.5 Å². The molecule has 0 radical (unpaired) electrons. The van der Waals surface area contributed by atoms with E-state index in [1.165, 1.54) is 6.08 Å². The number of alkyl carbamates (subject to hydrolysis) is 1. The van der Waals surface area contributed by atoms with Gasteiger partial charge in [0.15, 0.2) is 0 Å². The third-order valence-corrected chi connectivity index (χ3v) is 8.03. The summed E-state index contributed by atoms with van der Waals surface area (Å²) < 4.78 is 16.7. The Balaban J connectivity index is 1.32. The zero-order chi connectivity index (χ0) is 32.6. The summed E-state index contributed by atoms with van der Waals surface area (Å²) in [4.78, 5) is 53.5. The van der Waals surface area contributed by atoms with Crippen LogP contribution in [-0.4, -0.2) is 66.3 Å². The van der Waals surface area contributed by atoms with E-state index in [-0.39, 0.29) is 43.9 Å². The highest BCUT2D eigenvalue weighted by atomic mass is 16.6. The Hall–Kier alpha value is -4.40. The van der Waals surface area contributed by atoms with Crippen molar-refractivity contribution < 1.29 is 33.4 Å².